The average molecular weight is 469 g/mol. The molecular weight excluding hydrogens is 432 g/mol. The Morgan fingerprint density at radius 3 is 1.66 bits per heavy atom. The number of thioether (sulfide) groups is 1. The van der Waals surface area contributed by atoms with Crippen LogP contribution < -0.4 is 41.9 Å². The lowest BCUT2D eigenvalue weighted by Crippen LogP contribution is -2.22. The zero-order chi connectivity index (χ0) is 24.5. The maximum atomic E-state index is 6.48. The zero-order valence-corrected chi connectivity index (χ0v) is 20.0. The van der Waals surface area contributed by atoms with Crippen LogP contribution in [0.2, 0.25) is 0 Å². The van der Waals surface area contributed by atoms with Crippen LogP contribution in [0.5, 0.6) is 23.0 Å². The first kappa shape index (κ1) is 28.7. The third-order valence-corrected chi connectivity index (χ3v) is 4.30. The molecule has 2 aromatic carbocycles. The van der Waals surface area contributed by atoms with Crippen molar-refractivity contribution < 1.29 is 20.4 Å². The van der Waals surface area contributed by atoms with Crippen molar-refractivity contribution in [2.45, 2.75) is 13.1 Å². The number of nitrogens with one attached hydrogen (secondary N) is 1. The maximum absolute atomic E-state index is 6.48. The van der Waals surface area contributed by atoms with Crippen LogP contribution in [0.3, 0.4) is 0 Å². The van der Waals surface area contributed by atoms with Crippen molar-refractivity contribution in [1.82, 2.24) is 0 Å². The first-order chi connectivity index (χ1) is 15.3. The molecule has 0 fully saturated rings. The summed E-state index contributed by atoms with van der Waals surface area (Å²) < 4.78 is 20.4. The summed E-state index contributed by atoms with van der Waals surface area (Å²) in [5.74, 6) is 3.06. The van der Waals surface area contributed by atoms with Crippen LogP contribution in [0.25, 0.3) is 0 Å². The second-order valence-electron chi connectivity index (χ2n) is 5.87. The van der Waals surface area contributed by atoms with Crippen molar-refractivity contribution in [2.24, 2.45) is 27.9 Å². The molecular formula is C21H36N6O4S. The van der Waals surface area contributed by atoms with E-state index in [9.17, 15) is 0 Å². The van der Waals surface area contributed by atoms with Gasteiger partial charge in [0.05, 0.1) is 35.0 Å². The smallest absolute Gasteiger partial charge is 0.186 e. The van der Waals surface area contributed by atoms with Crippen LogP contribution in [0.4, 0.5) is 0 Å². The summed E-state index contributed by atoms with van der Waals surface area (Å²) in [5, 5.41) is 6.66. The number of hydrogen-bond donors (Lipinski definition) is 5. The highest BCUT2D eigenvalue weighted by molar-refractivity contribution is 8.13. The van der Waals surface area contributed by atoms with Gasteiger partial charge in [-0.05, 0) is 24.5 Å². The number of guanidine groups is 1. The van der Waals surface area contributed by atoms with Crippen LogP contribution in [0.1, 0.15) is 12.6 Å². The lowest BCUT2D eigenvalue weighted by molar-refractivity contribution is 0.391. The number of ether oxygens (including phenoxy) is 4. The first-order valence-electron chi connectivity index (χ1n) is 9.31. The number of rotatable bonds is 7. The van der Waals surface area contributed by atoms with Gasteiger partial charge in [-0.3, -0.25) is 5.41 Å². The molecule has 0 aliphatic rings. The highest BCUT2D eigenvalue weighted by Gasteiger charge is 2.04. The molecule has 9 N–H and O–H groups in total. The molecule has 0 spiro atoms. The molecule has 0 aromatic heterocycles. The molecule has 0 bridgehead atoms. The Hall–Kier alpha value is -3.31. The van der Waals surface area contributed by atoms with E-state index in [4.69, 9.17) is 47.3 Å². The number of amidine groups is 1. The Balaban J connectivity index is 0. The van der Waals surface area contributed by atoms with Gasteiger partial charge in [-0.15, -0.1) is 0 Å². The molecule has 0 atom stereocenters. The lowest BCUT2D eigenvalue weighted by atomic mass is 10.2. The monoisotopic (exact) mass is 468 g/mol. The Morgan fingerprint density at radius 1 is 0.875 bits per heavy atom. The Kier molecular flexibility index (Phi) is 14.7. The number of hydrogen-bond acceptors (Lipinski definition) is 8. The van der Waals surface area contributed by atoms with Crippen molar-refractivity contribution in [2.75, 3.05) is 34.7 Å². The van der Waals surface area contributed by atoms with Crippen molar-refractivity contribution in [3.8, 4) is 23.0 Å². The third-order valence-electron chi connectivity index (χ3n) is 3.86. The van der Waals surface area contributed by atoms with E-state index in [0.29, 0.717) is 18.8 Å². The second-order valence-corrected chi connectivity index (χ2v) is 6.72. The molecule has 0 aliphatic carbocycles. The molecule has 2 aromatic rings. The standard InChI is InChI=1S/C10H15N3O2.C9H13NO2.C2H6N2S.H2/c1-14-8-4-3-7(6-13-10(11)12)9(5-8)15-2;1-11-8-4-3-7(6-10)9(5-8)12-2;1-5-2(3)4;/h3-5H,6H2,1-2H3,(H4,11,12,13);3-5H,6,10H2,1-2H3;1H3,(H3,3,4);1H. The number of aliphatic imine (C=N–C) groups is 1. The van der Waals surface area contributed by atoms with E-state index in [2.05, 4.69) is 4.99 Å². The van der Waals surface area contributed by atoms with Crippen molar-refractivity contribution >= 4 is 22.9 Å². The minimum absolute atomic E-state index is 0. The normalized spacial score (nSPS) is 9.19. The first-order valence-corrected chi connectivity index (χ1v) is 10.5. The van der Waals surface area contributed by atoms with Gasteiger partial charge < -0.3 is 41.9 Å². The highest BCUT2D eigenvalue weighted by Crippen LogP contribution is 2.25. The van der Waals surface area contributed by atoms with Gasteiger partial charge in [-0.1, -0.05) is 17.8 Å². The van der Waals surface area contributed by atoms with Crippen molar-refractivity contribution in [3.63, 3.8) is 0 Å². The van der Waals surface area contributed by atoms with Crippen molar-refractivity contribution in [3.05, 3.63) is 47.5 Å². The number of nitrogens with zero attached hydrogens (tertiary/aromatic N) is 1. The molecule has 32 heavy (non-hydrogen) atoms. The van der Waals surface area contributed by atoms with Crippen LogP contribution in [-0.4, -0.2) is 45.8 Å². The van der Waals surface area contributed by atoms with E-state index in [-0.39, 0.29) is 12.6 Å². The van der Waals surface area contributed by atoms with Gasteiger partial charge in [0, 0.05) is 31.2 Å². The topological polar surface area (TPSA) is 177 Å². The molecule has 11 heteroatoms. The minimum atomic E-state index is 0. The van der Waals surface area contributed by atoms with E-state index in [0.717, 1.165) is 28.4 Å². The molecule has 0 aliphatic heterocycles. The molecule has 10 nitrogen and oxygen atoms in total. The summed E-state index contributed by atoms with van der Waals surface area (Å²) in [4.78, 5) is 3.91. The molecule has 0 heterocycles. The van der Waals surface area contributed by atoms with Crippen LogP contribution in [0.15, 0.2) is 41.4 Å². The molecule has 0 saturated heterocycles. The summed E-state index contributed by atoms with van der Waals surface area (Å²) >= 11 is 1.24. The zero-order valence-electron chi connectivity index (χ0n) is 19.2. The maximum Gasteiger partial charge on any atom is 0.186 e. The average Bonchev–Trinajstić information content (AvgIpc) is 2.82. The van der Waals surface area contributed by atoms with E-state index >= 15 is 0 Å². The summed E-state index contributed by atoms with van der Waals surface area (Å²) in [6.45, 7) is 0.878. The SMILES string of the molecule is COc1ccc(CN)c(OC)c1.COc1ccc(CN=C(N)N)c(OC)c1.CSC(=N)N.[HH]. The van der Waals surface area contributed by atoms with Crippen LogP contribution >= 0.6 is 11.8 Å². The Morgan fingerprint density at radius 2 is 1.31 bits per heavy atom. The van der Waals surface area contributed by atoms with E-state index in [1.165, 1.54) is 11.8 Å². The van der Waals surface area contributed by atoms with E-state index in [1.807, 2.05) is 30.3 Å². The van der Waals surface area contributed by atoms with E-state index in [1.54, 1.807) is 40.8 Å². The fraction of sp³-hybridized carbons (Fsp3) is 0.333. The van der Waals surface area contributed by atoms with Gasteiger partial charge in [0.2, 0.25) is 0 Å². The van der Waals surface area contributed by atoms with Crippen LogP contribution in [-0.2, 0) is 13.1 Å². The minimum Gasteiger partial charge on any atom is -0.497 e. The number of methoxy groups -OCH3 is 4. The molecule has 0 amide bonds. The van der Waals surface area contributed by atoms with Gasteiger partial charge in [0.25, 0.3) is 0 Å². The molecule has 0 saturated carbocycles. The van der Waals surface area contributed by atoms with Gasteiger partial charge >= 0.3 is 0 Å². The Labute approximate surface area is 195 Å². The van der Waals surface area contributed by atoms with Crippen molar-refractivity contribution in [1.29, 1.82) is 5.41 Å². The largest absolute Gasteiger partial charge is 0.497 e. The second kappa shape index (κ2) is 16.4. The highest BCUT2D eigenvalue weighted by atomic mass is 32.2. The predicted molar refractivity (Wildman–Crippen MR) is 134 cm³/mol. The number of benzene rings is 2. The van der Waals surface area contributed by atoms with Gasteiger partial charge in [0.15, 0.2) is 11.1 Å². The summed E-state index contributed by atoms with van der Waals surface area (Å²) in [7, 11) is 6.43. The molecule has 2 rings (SSSR count). The molecule has 0 radical (unpaired) electrons. The van der Waals surface area contributed by atoms with Gasteiger partial charge in [-0.25, -0.2) is 4.99 Å². The van der Waals surface area contributed by atoms with E-state index < -0.39 is 0 Å². The van der Waals surface area contributed by atoms with Gasteiger partial charge in [0.1, 0.15) is 23.0 Å². The summed E-state index contributed by atoms with van der Waals surface area (Å²) in [5.41, 5.74) is 22.7. The Bertz CT molecular complexity index is 867. The van der Waals surface area contributed by atoms with Crippen LogP contribution in [0, 0.1) is 5.41 Å². The fourth-order valence-corrected chi connectivity index (χ4v) is 2.18. The molecule has 0 unspecified atom stereocenters. The summed E-state index contributed by atoms with van der Waals surface area (Å²) in [6, 6.07) is 11.1. The van der Waals surface area contributed by atoms with Gasteiger partial charge in [-0.2, -0.15) is 0 Å². The lowest BCUT2D eigenvalue weighted by Gasteiger charge is -2.08. The summed E-state index contributed by atoms with van der Waals surface area (Å²) in [6.07, 6.45) is 1.77. The molecule has 180 valence electrons. The predicted octanol–water partition coefficient (Wildman–Crippen LogP) is 2.13. The fourth-order valence-electron chi connectivity index (χ4n) is 2.18. The third kappa shape index (κ3) is 11.2. The number of nitrogens with two attached hydrogens (primary N) is 4. The quantitative estimate of drug-likeness (QED) is 0.301.